The number of pyridine rings is 1. The first-order chi connectivity index (χ1) is 15.8. The number of imidazole rings is 1. The van der Waals surface area contributed by atoms with E-state index in [4.69, 9.17) is 4.74 Å². The number of nitrogens with zero attached hydrogens (tertiary/aromatic N) is 6. The molecule has 2 aliphatic rings. The molecule has 0 bridgehead atoms. The zero-order valence-corrected chi connectivity index (χ0v) is 19.7. The standard InChI is InChI=1S/C22H28N6O4S/c1-16-24-21(15-25(16)2)33(30,31)27-6-3-17(4-7-27)18-5-8-28-20(13-18)19(14-23-28)22(29)26-9-11-32-12-10-26/h5,8,13-15,17H,3-4,6-7,9-12H2,1-2H3. The van der Waals surface area contributed by atoms with Gasteiger partial charge in [0.25, 0.3) is 15.9 Å². The quantitative estimate of drug-likeness (QED) is 0.569. The molecule has 10 nitrogen and oxygen atoms in total. The molecule has 0 aliphatic carbocycles. The van der Waals surface area contributed by atoms with Gasteiger partial charge in [0, 0.05) is 45.6 Å². The minimum Gasteiger partial charge on any atom is -0.378 e. The maximum absolute atomic E-state index is 13.0. The number of aryl methyl sites for hydroxylation is 2. The Morgan fingerprint density at radius 1 is 1.15 bits per heavy atom. The highest BCUT2D eigenvalue weighted by atomic mass is 32.2. The molecule has 3 aromatic rings. The molecule has 2 fully saturated rings. The van der Waals surface area contributed by atoms with Crippen molar-refractivity contribution in [3.8, 4) is 0 Å². The van der Waals surface area contributed by atoms with Crippen molar-refractivity contribution in [3.63, 3.8) is 0 Å². The van der Waals surface area contributed by atoms with Gasteiger partial charge in [0.1, 0.15) is 5.82 Å². The normalized spacial score (nSPS) is 18.8. The summed E-state index contributed by atoms with van der Waals surface area (Å²) in [6.07, 6.45) is 6.49. The molecule has 0 radical (unpaired) electrons. The van der Waals surface area contributed by atoms with Crippen LogP contribution in [0.25, 0.3) is 5.52 Å². The van der Waals surface area contributed by atoms with Crippen molar-refractivity contribution >= 4 is 21.4 Å². The summed E-state index contributed by atoms with van der Waals surface area (Å²) in [6, 6.07) is 4.04. The van der Waals surface area contributed by atoms with Crippen molar-refractivity contribution in [3.05, 3.63) is 47.7 Å². The van der Waals surface area contributed by atoms with Gasteiger partial charge in [0.05, 0.1) is 30.5 Å². The third kappa shape index (κ3) is 4.04. The van der Waals surface area contributed by atoms with E-state index in [9.17, 15) is 13.2 Å². The van der Waals surface area contributed by atoms with Crippen LogP contribution in [-0.4, -0.2) is 82.1 Å². The average Bonchev–Trinajstić information content (AvgIpc) is 3.42. The van der Waals surface area contributed by atoms with Crippen LogP contribution in [-0.2, 0) is 21.8 Å². The summed E-state index contributed by atoms with van der Waals surface area (Å²) in [5.41, 5.74) is 2.47. The lowest BCUT2D eigenvalue weighted by Gasteiger charge is -2.31. The van der Waals surface area contributed by atoms with Crippen molar-refractivity contribution in [2.75, 3.05) is 39.4 Å². The van der Waals surface area contributed by atoms with Crippen LogP contribution in [0.3, 0.4) is 0 Å². The van der Waals surface area contributed by atoms with Gasteiger partial charge in [-0.3, -0.25) is 4.79 Å². The summed E-state index contributed by atoms with van der Waals surface area (Å²) in [5.74, 6) is 0.852. The van der Waals surface area contributed by atoms with Gasteiger partial charge < -0.3 is 14.2 Å². The summed E-state index contributed by atoms with van der Waals surface area (Å²) < 4.78 is 36.3. The topological polar surface area (TPSA) is 102 Å². The number of hydrogen-bond donors (Lipinski definition) is 0. The summed E-state index contributed by atoms with van der Waals surface area (Å²) >= 11 is 0. The van der Waals surface area contributed by atoms with Gasteiger partial charge in [-0.15, -0.1) is 0 Å². The molecule has 0 N–H and O–H groups in total. The predicted octanol–water partition coefficient (Wildman–Crippen LogP) is 1.42. The molecule has 11 heteroatoms. The molecular formula is C22H28N6O4S. The van der Waals surface area contributed by atoms with E-state index >= 15 is 0 Å². The number of fused-ring (bicyclic) bond motifs is 1. The molecule has 0 saturated carbocycles. The van der Waals surface area contributed by atoms with Crippen LogP contribution in [0.15, 0.2) is 35.7 Å². The summed E-state index contributed by atoms with van der Waals surface area (Å²) in [7, 11) is -1.81. The highest BCUT2D eigenvalue weighted by molar-refractivity contribution is 7.89. The fraction of sp³-hybridized carbons (Fsp3) is 0.500. The smallest absolute Gasteiger partial charge is 0.262 e. The second kappa shape index (κ2) is 8.54. The van der Waals surface area contributed by atoms with E-state index in [-0.39, 0.29) is 16.9 Å². The molecule has 0 atom stereocenters. The van der Waals surface area contributed by atoms with Crippen LogP contribution < -0.4 is 0 Å². The van der Waals surface area contributed by atoms with Crippen LogP contribution in [0.2, 0.25) is 0 Å². The third-order valence-corrected chi connectivity index (χ3v) is 8.46. The van der Waals surface area contributed by atoms with Crippen molar-refractivity contribution in [2.45, 2.75) is 30.7 Å². The number of sulfonamides is 1. The first-order valence-electron chi connectivity index (χ1n) is 11.2. The van der Waals surface area contributed by atoms with Gasteiger partial charge in [0.2, 0.25) is 0 Å². The van der Waals surface area contributed by atoms with Crippen LogP contribution in [0.1, 0.15) is 40.5 Å². The van der Waals surface area contributed by atoms with Gasteiger partial charge in [-0.05, 0) is 43.4 Å². The predicted molar refractivity (Wildman–Crippen MR) is 121 cm³/mol. The zero-order chi connectivity index (χ0) is 23.2. The van der Waals surface area contributed by atoms with E-state index in [0.29, 0.717) is 63.6 Å². The third-order valence-electron chi connectivity index (χ3n) is 6.69. The number of carbonyl (C=O) groups is 1. The molecule has 0 aromatic carbocycles. The van der Waals surface area contributed by atoms with Gasteiger partial charge in [-0.25, -0.2) is 17.9 Å². The Morgan fingerprint density at radius 2 is 1.88 bits per heavy atom. The van der Waals surface area contributed by atoms with E-state index < -0.39 is 10.0 Å². The highest BCUT2D eigenvalue weighted by Crippen LogP contribution is 2.31. The Balaban J connectivity index is 1.33. The molecule has 0 spiro atoms. The molecule has 2 aliphatic heterocycles. The lowest BCUT2D eigenvalue weighted by Crippen LogP contribution is -2.40. The van der Waals surface area contributed by atoms with E-state index in [1.54, 1.807) is 40.3 Å². The van der Waals surface area contributed by atoms with Crippen LogP contribution in [0, 0.1) is 6.92 Å². The minimum absolute atomic E-state index is 0.0305. The maximum Gasteiger partial charge on any atom is 0.262 e. The Bertz CT molecular complexity index is 1260. The van der Waals surface area contributed by atoms with E-state index in [0.717, 1.165) is 11.1 Å². The lowest BCUT2D eigenvalue weighted by atomic mass is 9.90. The van der Waals surface area contributed by atoms with E-state index in [1.807, 2.05) is 18.3 Å². The molecule has 5 rings (SSSR count). The number of piperidine rings is 1. The first-order valence-corrected chi connectivity index (χ1v) is 12.6. The second-order valence-corrected chi connectivity index (χ2v) is 10.6. The number of amides is 1. The average molecular weight is 473 g/mol. The Morgan fingerprint density at radius 3 is 2.55 bits per heavy atom. The molecular weight excluding hydrogens is 444 g/mol. The van der Waals surface area contributed by atoms with Gasteiger partial charge >= 0.3 is 0 Å². The second-order valence-electron chi connectivity index (χ2n) is 8.67. The summed E-state index contributed by atoms with van der Waals surface area (Å²) in [6.45, 7) is 4.93. The molecule has 3 aromatic heterocycles. The monoisotopic (exact) mass is 472 g/mol. The number of carbonyl (C=O) groups excluding carboxylic acids is 1. The molecule has 33 heavy (non-hydrogen) atoms. The maximum atomic E-state index is 13.0. The number of ether oxygens (including phenoxy) is 1. The number of morpholine rings is 1. The van der Waals surface area contributed by atoms with Crippen LogP contribution in [0.4, 0.5) is 0 Å². The van der Waals surface area contributed by atoms with Crippen LogP contribution >= 0.6 is 0 Å². The Kier molecular flexibility index (Phi) is 5.71. The van der Waals surface area contributed by atoms with E-state index in [2.05, 4.69) is 10.1 Å². The van der Waals surface area contributed by atoms with E-state index in [1.165, 1.54) is 4.31 Å². The molecule has 2 saturated heterocycles. The number of aromatic nitrogens is 4. The summed E-state index contributed by atoms with van der Waals surface area (Å²) in [4.78, 5) is 19.0. The first kappa shape index (κ1) is 22.1. The van der Waals surface area contributed by atoms with Gasteiger partial charge in [-0.1, -0.05) is 0 Å². The SMILES string of the molecule is Cc1nc(S(=O)(=O)N2CCC(c3ccn4ncc(C(=O)N5CCOCC5)c4c3)CC2)cn1C. The van der Waals surface area contributed by atoms with Crippen molar-refractivity contribution in [1.82, 2.24) is 28.4 Å². The molecule has 176 valence electrons. The van der Waals surface area contributed by atoms with Crippen molar-refractivity contribution in [2.24, 2.45) is 7.05 Å². The highest BCUT2D eigenvalue weighted by Gasteiger charge is 2.32. The molecule has 0 unspecified atom stereocenters. The lowest BCUT2D eigenvalue weighted by molar-refractivity contribution is 0.0304. The minimum atomic E-state index is -3.60. The van der Waals surface area contributed by atoms with Gasteiger partial charge in [-0.2, -0.15) is 9.40 Å². The Labute approximate surface area is 192 Å². The van der Waals surface area contributed by atoms with Crippen molar-refractivity contribution < 1.29 is 17.9 Å². The fourth-order valence-electron chi connectivity index (χ4n) is 4.56. The molecule has 1 amide bonds. The van der Waals surface area contributed by atoms with Crippen molar-refractivity contribution in [1.29, 1.82) is 0 Å². The number of rotatable bonds is 4. The largest absolute Gasteiger partial charge is 0.378 e. The Hall–Kier alpha value is -2.76. The molecule has 5 heterocycles. The van der Waals surface area contributed by atoms with Gasteiger partial charge in [0.15, 0.2) is 5.03 Å². The van der Waals surface area contributed by atoms with Crippen LogP contribution in [0.5, 0.6) is 0 Å². The summed E-state index contributed by atoms with van der Waals surface area (Å²) in [5, 5.41) is 4.45. The zero-order valence-electron chi connectivity index (χ0n) is 18.8. The fourth-order valence-corrected chi connectivity index (χ4v) is 6.06. The number of hydrogen-bond acceptors (Lipinski definition) is 6.